The highest BCUT2D eigenvalue weighted by molar-refractivity contribution is 6.18. The van der Waals surface area contributed by atoms with E-state index in [0.717, 1.165) is 17.5 Å². The predicted octanol–water partition coefficient (Wildman–Crippen LogP) is 3.20. The van der Waals surface area contributed by atoms with E-state index in [1.54, 1.807) is 0 Å². The Kier molecular flexibility index (Phi) is 3.97. The number of carbonyl (C=O) groups is 1. The largest absolute Gasteiger partial charge is 0.294 e. The van der Waals surface area contributed by atoms with E-state index in [0.29, 0.717) is 12.3 Å². The van der Waals surface area contributed by atoms with Crippen molar-refractivity contribution in [2.45, 2.75) is 19.8 Å². The van der Waals surface area contributed by atoms with E-state index in [1.807, 2.05) is 31.2 Å². The van der Waals surface area contributed by atoms with Crippen LogP contribution in [-0.2, 0) is 0 Å². The Morgan fingerprint density at radius 2 is 2.08 bits per heavy atom. The van der Waals surface area contributed by atoms with Crippen LogP contribution in [0, 0.1) is 6.92 Å². The summed E-state index contributed by atoms with van der Waals surface area (Å²) in [6.07, 6.45) is 1.31. The fourth-order valence-electron chi connectivity index (χ4n) is 1.25. The molecule has 0 spiro atoms. The third-order valence-electron chi connectivity index (χ3n) is 1.98. The Labute approximate surface area is 83.7 Å². The van der Waals surface area contributed by atoms with Gasteiger partial charge in [-0.05, 0) is 18.9 Å². The van der Waals surface area contributed by atoms with Gasteiger partial charge in [-0.2, -0.15) is 0 Å². The fourth-order valence-corrected chi connectivity index (χ4v) is 1.38. The first-order valence-electron chi connectivity index (χ1n) is 4.40. The Bertz CT molecular complexity index is 294. The van der Waals surface area contributed by atoms with Crippen molar-refractivity contribution in [2.75, 3.05) is 5.88 Å². The smallest absolute Gasteiger partial charge is 0.163 e. The summed E-state index contributed by atoms with van der Waals surface area (Å²) in [7, 11) is 0. The second-order valence-electron chi connectivity index (χ2n) is 3.03. The molecule has 0 atom stereocenters. The van der Waals surface area contributed by atoms with Crippen LogP contribution in [-0.4, -0.2) is 11.7 Å². The second kappa shape index (κ2) is 5.03. The van der Waals surface area contributed by atoms with Crippen molar-refractivity contribution in [3.8, 4) is 0 Å². The van der Waals surface area contributed by atoms with E-state index >= 15 is 0 Å². The van der Waals surface area contributed by atoms with Crippen molar-refractivity contribution < 1.29 is 4.79 Å². The molecule has 1 aromatic rings. The first kappa shape index (κ1) is 10.3. The molecule has 0 unspecified atom stereocenters. The van der Waals surface area contributed by atoms with Crippen molar-refractivity contribution >= 4 is 17.4 Å². The highest BCUT2D eigenvalue weighted by Gasteiger charge is 2.06. The number of rotatable bonds is 4. The molecule has 1 nitrogen and oxygen atoms in total. The molecule has 0 bridgehead atoms. The molecular formula is C11H13ClO. The van der Waals surface area contributed by atoms with Gasteiger partial charge in [0, 0.05) is 17.9 Å². The van der Waals surface area contributed by atoms with Crippen LogP contribution in [0.2, 0.25) is 0 Å². The predicted molar refractivity (Wildman–Crippen MR) is 55.5 cm³/mol. The van der Waals surface area contributed by atoms with Gasteiger partial charge < -0.3 is 0 Å². The zero-order chi connectivity index (χ0) is 9.68. The molecule has 0 aromatic heterocycles. The van der Waals surface area contributed by atoms with Crippen molar-refractivity contribution in [1.82, 2.24) is 0 Å². The summed E-state index contributed by atoms with van der Waals surface area (Å²) in [4.78, 5) is 11.6. The van der Waals surface area contributed by atoms with Crippen LogP contribution in [0.15, 0.2) is 24.3 Å². The Hall–Kier alpha value is -0.820. The molecule has 13 heavy (non-hydrogen) atoms. The quantitative estimate of drug-likeness (QED) is 0.534. The van der Waals surface area contributed by atoms with Gasteiger partial charge in [0.05, 0.1) is 0 Å². The van der Waals surface area contributed by atoms with Gasteiger partial charge in [-0.25, -0.2) is 0 Å². The molecule has 2 heteroatoms. The summed E-state index contributed by atoms with van der Waals surface area (Å²) in [5.41, 5.74) is 1.87. The number of halogens is 1. The Morgan fingerprint density at radius 1 is 1.38 bits per heavy atom. The molecule has 0 aliphatic rings. The number of Topliss-reactive ketones (excluding diaryl/α,β-unsaturated/α-hetero) is 1. The van der Waals surface area contributed by atoms with Gasteiger partial charge in [-0.15, -0.1) is 11.6 Å². The zero-order valence-electron chi connectivity index (χ0n) is 7.72. The number of benzene rings is 1. The summed E-state index contributed by atoms with van der Waals surface area (Å²) >= 11 is 5.52. The van der Waals surface area contributed by atoms with Crippen LogP contribution >= 0.6 is 11.6 Å². The number of hydrogen-bond acceptors (Lipinski definition) is 1. The molecular weight excluding hydrogens is 184 g/mol. The van der Waals surface area contributed by atoms with Crippen molar-refractivity contribution in [3.05, 3.63) is 35.4 Å². The van der Waals surface area contributed by atoms with Crippen LogP contribution in [0.1, 0.15) is 28.8 Å². The normalized spacial score (nSPS) is 10.0. The highest BCUT2D eigenvalue weighted by atomic mass is 35.5. The van der Waals surface area contributed by atoms with Crippen LogP contribution in [0.5, 0.6) is 0 Å². The molecule has 0 aliphatic heterocycles. The lowest BCUT2D eigenvalue weighted by molar-refractivity contribution is 0.0981. The molecule has 0 saturated heterocycles. The second-order valence-corrected chi connectivity index (χ2v) is 3.41. The standard InChI is InChI=1S/C11H13ClO/c1-9-5-2-3-6-10(9)11(13)7-4-8-12/h2-3,5-6H,4,7-8H2,1H3. The van der Waals surface area contributed by atoms with E-state index in [2.05, 4.69) is 0 Å². The average molecular weight is 197 g/mol. The van der Waals surface area contributed by atoms with Crippen LogP contribution < -0.4 is 0 Å². The minimum absolute atomic E-state index is 0.193. The van der Waals surface area contributed by atoms with Gasteiger partial charge in [0.15, 0.2) is 5.78 Å². The first-order valence-corrected chi connectivity index (χ1v) is 4.94. The lowest BCUT2D eigenvalue weighted by Crippen LogP contribution is -2.01. The SMILES string of the molecule is Cc1ccccc1C(=O)CCCCl. The van der Waals surface area contributed by atoms with Crippen molar-refractivity contribution in [2.24, 2.45) is 0 Å². The van der Waals surface area contributed by atoms with Crippen LogP contribution in [0.25, 0.3) is 0 Å². The summed E-state index contributed by atoms with van der Waals surface area (Å²) in [5.74, 6) is 0.746. The summed E-state index contributed by atoms with van der Waals surface area (Å²) in [6.45, 7) is 1.95. The maximum absolute atomic E-state index is 11.6. The number of carbonyl (C=O) groups excluding carboxylic acids is 1. The summed E-state index contributed by atoms with van der Waals surface area (Å²) in [5, 5.41) is 0. The molecule has 0 heterocycles. The fraction of sp³-hybridized carbons (Fsp3) is 0.364. The van der Waals surface area contributed by atoms with Crippen molar-refractivity contribution in [1.29, 1.82) is 0 Å². The van der Waals surface area contributed by atoms with Gasteiger partial charge in [0.2, 0.25) is 0 Å². The monoisotopic (exact) mass is 196 g/mol. The zero-order valence-corrected chi connectivity index (χ0v) is 8.47. The van der Waals surface area contributed by atoms with Gasteiger partial charge in [0.1, 0.15) is 0 Å². The maximum atomic E-state index is 11.6. The number of aryl methyl sites for hydroxylation is 1. The lowest BCUT2D eigenvalue weighted by Gasteiger charge is -2.02. The van der Waals surface area contributed by atoms with E-state index in [1.165, 1.54) is 0 Å². The first-order chi connectivity index (χ1) is 6.25. The lowest BCUT2D eigenvalue weighted by atomic mass is 10.0. The average Bonchev–Trinajstić information content (AvgIpc) is 2.15. The minimum atomic E-state index is 0.193. The van der Waals surface area contributed by atoms with E-state index < -0.39 is 0 Å². The maximum Gasteiger partial charge on any atom is 0.163 e. The molecule has 0 fully saturated rings. The van der Waals surface area contributed by atoms with Gasteiger partial charge in [-0.1, -0.05) is 24.3 Å². The third kappa shape index (κ3) is 2.85. The van der Waals surface area contributed by atoms with E-state index in [4.69, 9.17) is 11.6 Å². The molecule has 0 aliphatic carbocycles. The van der Waals surface area contributed by atoms with Gasteiger partial charge >= 0.3 is 0 Å². The number of hydrogen-bond donors (Lipinski definition) is 0. The molecule has 0 saturated carbocycles. The molecule has 1 aromatic carbocycles. The van der Waals surface area contributed by atoms with Crippen molar-refractivity contribution in [3.63, 3.8) is 0 Å². The molecule has 70 valence electrons. The summed E-state index contributed by atoms with van der Waals surface area (Å²) in [6, 6.07) is 7.65. The molecule has 0 amide bonds. The van der Waals surface area contributed by atoms with E-state index in [-0.39, 0.29) is 5.78 Å². The summed E-state index contributed by atoms with van der Waals surface area (Å²) < 4.78 is 0. The van der Waals surface area contributed by atoms with Gasteiger partial charge in [0.25, 0.3) is 0 Å². The Balaban J connectivity index is 2.71. The molecule has 0 N–H and O–H groups in total. The number of alkyl halides is 1. The topological polar surface area (TPSA) is 17.1 Å². The molecule has 1 rings (SSSR count). The van der Waals surface area contributed by atoms with Crippen LogP contribution in [0.3, 0.4) is 0 Å². The van der Waals surface area contributed by atoms with E-state index in [9.17, 15) is 4.79 Å². The molecule has 0 radical (unpaired) electrons. The Morgan fingerprint density at radius 3 is 2.69 bits per heavy atom. The van der Waals surface area contributed by atoms with Crippen LogP contribution in [0.4, 0.5) is 0 Å². The minimum Gasteiger partial charge on any atom is -0.294 e. The third-order valence-corrected chi connectivity index (χ3v) is 2.25. The van der Waals surface area contributed by atoms with Gasteiger partial charge in [-0.3, -0.25) is 4.79 Å². The highest BCUT2D eigenvalue weighted by Crippen LogP contribution is 2.10. The number of ketones is 1.